The Morgan fingerprint density at radius 2 is 1.54 bits per heavy atom. The van der Waals surface area contributed by atoms with E-state index in [0.717, 1.165) is 20.8 Å². The monoisotopic (exact) mass is 412 g/mol. The molecule has 0 saturated carbocycles. The Bertz CT molecular complexity index is 545. The van der Waals surface area contributed by atoms with Crippen molar-refractivity contribution in [2.75, 3.05) is 5.52 Å². The Balaban J connectivity index is 5.82. The highest BCUT2D eigenvalue weighted by Crippen LogP contribution is 2.25. The minimum atomic E-state index is -2.85. The van der Waals surface area contributed by atoms with Gasteiger partial charge in [0.05, 0.1) is 0 Å². The summed E-state index contributed by atoms with van der Waals surface area (Å²) >= 11 is 2.76. The van der Waals surface area contributed by atoms with Crippen molar-refractivity contribution >= 4 is 45.2 Å². The molecule has 0 rings (SSSR count). The number of ether oxygens (including phenoxy) is 2. The average Bonchev–Trinajstić information content (AvgIpc) is 2.48. The summed E-state index contributed by atoms with van der Waals surface area (Å²) in [6, 6.07) is 0. The van der Waals surface area contributed by atoms with Crippen LogP contribution in [0.5, 0.6) is 0 Å². The van der Waals surface area contributed by atoms with Crippen LogP contribution in [0.4, 0.5) is 0 Å². The molecule has 10 nitrogen and oxygen atoms in total. The van der Waals surface area contributed by atoms with Gasteiger partial charge in [-0.1, -0.05) is 15.9 Å². The lowest BCUT2D eigenvalue weighted by Crippen LogP contribution is -2.65. The van der Waals surface area contributed by atoms with E-state index < -0.39 is 58.7 Å². The number of esters is 2. The standard InChI is InChI=1S/C13H17BrO10/c1-5(15)10(20)13(6(2)16,23-4-14)11(21)8(18)9(19)12(22)24-7(3)17/h8-9,11,18-19,21H,4H2,1-3H3/t8-,9+,11+,13+/m1/s1. The van der Waals surface area contributed by atoms with Gasteiger partial charge >= 0.3 is 11.9 Å². The van der Waals surface area contributed by atoms with Gasteiger partial charge in [-0.15, -0.1) is 0 Å². The van der Waals surface area contributed by atoms with Crippen molar-refractivity contribution in [3.05, 3.63) is 0 Å². The first-order valence-electron chi connectivity index (χ1n) is 6.46. The molecule has 0 aromatic rings. The summed E-state index contributed by atoms with van der Waals surface area (Å²) in [7, 11) is 0. The molecule has 0 aromatic carbocycles. The number of Topliss-reactive ketones (excluding diaryl/α,β-unsaturated/α-hetero) is 3. The van der Waals surface area contributed by atoms with Crippen LogP contribution < -0.4 is 0 Å². The van der Waals surface area contributed by atoms with E-state index in [-0.39, 0.29) is 0 Å². The predicted octanol–water partition coefficient (Wildman–Crippen LogP) is -1.99. The fraction of sp³-hybridized carbons (Fsp3) is 0.615. The molecule has 3 N–H and O–H groups in total. The number of alkyl halides is 1. The summed E-state index contributed by atoms with van der Waals surface area (Å²) < 4.78 is 8.90. The molecule has 0 amide bonds. The molecule has 0 spiro atoms. The van der Waals surface area contributed by atoms with E-state index in [1.165, 1.54) is 0 Å². The van der Waals surface area contributed by atoms with Gasteiger partial charge < -0.3 is 24.8 Å². The second-order valence-electron chi connectivity index (χ2n) is 4.72. The highest BCUT2D eigenvalue weighted by atomic mass is 79.9. The SMILES string of the molecule is CC(=O)OC(=O)[C@@H](O)[C@@H](O)[C@H](O)[C@](OCBr)(C(C)=O)C(=O)C(C)=O. The molecule has 0 radical (unpaired) electrons. The third kappa shape index (κ3) is 4.74. The lowest BCUT2D eigenvalue weighted by atomic mass is 9.81. The maximum absolute atomic E-state index is 12.1. The van der Waals surface area contributed by atoms with Crippen LogP contribution in [0.2, 0.25) is 0 Å². The molecular weight excluding hydrogens is 396 g/mol. The first kappa shape index (κ1) is 22.5. The van der Waals surface area contributed by atoms with Crippen LogP contribution in [0.3, 0.4) is 0 Å². The Kier molecular flexibility index (Phi) is 8.50. The Morgan fingerprint density at radius 3 is 1.88 bits per heavy atom. The zero-order valence-electron chi connectivity index (χ0n) is 13.0. The number of aliphatic hydroxyl groups is 3. The zero-order valence-corrected chi connectivity index (χ0v) is 14.6. The van der Waals surface area contributed by atoms with Crippen molar-refractivity contribution < 1.29 is 48.8 Å². The Morgan fingerprint density at radius 1 is 1.04 bits per heavy atom. The average molecular weight is 413 g/mol. The van der Waals surface area contributed by atoms with Crippen LogP contribution in [0, 0.1) is 0 Å². The molecule has 0 bridgehead atoms. The third-order valence-electron chi connectivity index (χ3n) is 3.01. The topological polar surface area (TPSA) is 164 Å². The number of halogens is 1. The maximum atomic E-state index is 12.1. The number of hydrogen-bond acceptors (Lipinski definition) is 10. The van der Waals surface area contributed by atoms with Crippen molar-refractivity contribution in [2.45, 2.75) is 44.7 Å². The molecule has 24 heavy (non-hydrogen) atoms. The highest BCUT2D eigenvalue weighted by molar-refractivity contribution is 9.09. The van der Waals surface area contributed by atoms with Gasteiger partial charge in [-0.05, 0) is 6.92 Å². The van der Waals surface area contributed by atoms with Crippen molar-refractivity contribution in [2.24, 2.45) is 0 Å². The number of carbonyl (C=O) groups excluding carboxylic acids is 5. The van der Waals surface area contributed by atoms with Crippen molar-refractivity contribution in [3.8, 4) is 0 Å². The van der Waals surface area contributed by atoms with Gasteiger partial charge in [-0.2, -0.15) is 0 Å². The lowest BCUT2D eigenvalue weighted by Gasteiger charge is -2.36. The summed E-state index contributed by atoms with van der Waals surface area (Å²) in [6.07, 6.45) is -7.46. The summed E-state index contributed by atoms with van der Waals surface area (Å²) in [6.45, 7) is 2.46. The maximum Gasteiger partial charge on any atom is 0.345 e. The molecule has 0 aliphatic carbocycles. The summed E-state index contributed by atoms with van der Waals surface area (Å²) in [5.74, 6) is -6.54. The molecule has 0 fully saturated rings. The molecule has 0 aromatic heterocycles. The normalized spacial score (nSPS) is 17.1. The minimum Gasteiger partial charge on any atom is -0.391 e. The molecule has 0 aliphatic heterocycles. The van der Waals surface area contributed by atoms with Crippen LogP contribution >= 0.6 is 15.9 Å². The fourth-order valence-electron chi connectivity index (χ4n) is 1.86. The van der Waals surface area contributed by atoms with E-state index in [9.17, 15) is 39.3 Å². The van der Waals surface area contributed by atoms with Crippen LogP contribution in [-0.4, -0.2) is 74.0 Å². The summed E-state index contributed by atoms with van der Waals surface area (Å²) in [4.78, 5) is 57.4. The van der Waals surface area contributed by atoms with Gasteiger partial charge in [0.1, 0.15) is 17.7 Å². The highest BCUT2D eigenvalue weighted by Gasteiger charge is 2.56. The largest absolute Gasteiger partial charge is 0.391 e. The van der Waals surface area contributed by atoms with E-state index in [4.69, 9.17) is 4.74 Å². The molecule has 0 aliphatic rings. The Labute approximate surface area is 144 Å². The molecule has 0 unspecified atom stereocenters. The van der Waals surface area contributed by atoms with Crippen molar-refractivity contribution in [1.82, 2.24) is 0 Å². The van der Waals surface area contributed by atoms with Crippen molar-refractivity contribution in [3.63, 3.8) is 0 Å². The van der Waals surface area contributed by atoms with Crippen LogP contribution in [0.25, 0.3) is 0 Å². The molecule has 11 heteroatoms. The zero-order chi connectivity index (χ0) is 19.2. The van der Waals surface area contributed by atoms with E-state index in [2.05, 4.69) is 20.7 Å². The molecule has 0 saturated heterocycles. The first-order chi connectivity index (χ1) is 10.9. The van der Waals surface area contributed by atoms with Gasteiger partial charge in [-0.25, -0.2) is 4.79 Å². The Hall–Kier alpha value is -1.53. The van der Waals surface area contributed by atoms with Crippen LogP contribution in [-0.2, 0) is 33.4 Å². The predicted molar refractivity (Wildman–Crippen MR) is 78.8 cm³/mol. The fourth-order valence-corrected chi connectivity index (χ4v) is 2.22. The van der Waals surface area contributed by atoms with Gasteiger partial charge in [0, 0.05) is 13.8 Å². The number of ketones is 3. The number of rotatable bonds is 9. The minimum absolute atomic E-state index is 0.497. The van der Waals surface area contributed by atoms with Gasteiger partial charge in [0.2, 0.25) is 11.4 Å². The second kappa shape index (κ2) is 9.08. The molecule has 136 valence electrons. The molecule has 0 heterocycles. The molecular formula is C13H17BrO10. The second-order valence-corrected chi connectivity index (χ2v) is 5.18. The number of carbonyl (C=O) groups is 5. The lowest BCUT2D eigenvalue weighted by molar-refractivity contribution is -0.194. The third-order valence-corrected chi connectivity index (χ3v) is 3.24. The number of hydrogen-bond donors (Lipinski definition) is 3. The number of aliphatic hydroxyl groups excluding tert-OH is 3. The quantitative estimate of drug-likeness (QED) is 0.167. The van der Waals surface area contributed by atoms with Crippen molar-refractivity contribution in [1.29, 1.82) is 0 Å². The van der Waals surface area contributed by atoms with Crippen LogP contribution in [0.1, 0.15) is 20.8 Å². The first-order valence-corrected chi connectivity index (χ1v) is 7.58. The van der Waals surface area contributed by atoms with Crippen LogP contribution in [0.15, 0.2) is 0 Å². The summed E-state index contributed by atoms with van der Waals surface area (Å²) in [5, 5.41) is 29.7. The molecule has 4 atom stereocenters. The van der Waals surface area contributed by atoms with Gasteiger partial charge in [-0.3, -0.25) is 19.2 Å². The van der Waals surface area contributed by atoms with E-state index in [0.29, 0.717) is 0 Å². The van der Waals surface area contributed by atoms with Gasteiger partial charge in [0.25, 0.3) is 0 Å². The smallest absolute Gasteiger partial charge is 0.345 e. The van der Waals surface area contributed by atoms with E-state index in [1.54, 1.807) is 0 Å². The van der Waals surface area contributed by atoms with Gasteiger partial charge in [0.15, 0.2) is 17.7 Å². The van der Waals surface area contributed by atoms with E-state index >= 15 is 0 Å². The summed E-state index contributed by atoms with van der Waals surface area (Å²) in [5.41, 5.74) is -3.35. The van der Waals surface area contributed by atoms with E-state index in [1.807, 2.05) is 0 Å².